The van der Waals surface area contributed by atoms with Gasteiger partial charge < -0.3 is 19.6 Å². The minimum absolute atomic E-state index is 0.0217. The predicted octanol–water partition coefficient (Wildman–Crippen LogP) is 2.74. The minimum Gasteiger partial charge on any atom is -0.478 e. The Balaban J connectivity index is 1.71. The predicted molar refractivity (Wildman–Crippen MR) is 106 cm³/mol. The molecule has 0 bridgehead atoms. The van der Waals surface area contributed by atoms with Crippen molar-refractivity contribution in [3.63, 3.8) is 0 Å². The molecule has 0 atom stereocenters. The van der Waals surface area contributed by atoms with Crippen molar-refractivity contribution >= 4 is 18.0 Å². The van der Waals surface area contributed by atoms with Crippen molar-refractivity contribution < 1.29 is 24.2 Å². The van der Waals surface area contributed by atoms with E-state index in [0.29, 0.717) is 62.3 Å². The molecule has 29 heavy (non-hydrogen) atoms. The van der Waals surface area contributed by atoms with Crippen LogP contribution in [0.4, 0.5) is 4.79 Å². The molecule has 1 aromatic heterocycles. The highest BCUT2D eigenvalue weighted by molar-refractivity contribution is 5.99. The average Bonchev–Trinajstić information content (AvgIpc) is 2.66. The van der Waals surface area contributed by atoms with Crippen molar-refractivity contribution in [2.24, 2.45) is 0 Å². The highest BCUT2D eigenvalue weighted by atomic mass is 16.6. The Hall–Kier alpha value is -2.64. The van der Waals surface area contributed by atoms with Gasteiger partial charge in [-0.1, -0.05) is 6.92 Å². The lowest BCUT2D eigenvalue weighted by atomic mass is 9.96. The molecule has 1 fully saturated rings. The Morgan fingerprint density at radius 1 is 1.24 bits per heavy atom. The first-order valence-corrected chi connectivity index (χ1v) is 10.2. The van der Waals surface area contributed by atoms with Gasteiger partial charge in [0.2, 0.25) is 0 Å². The molecule has 2 aliphatic rings. The number of aromatic carboxylic acids is 1. The third-order valence-corrected chi connectivity index (χ3v) is 5.38. The number of ether oxygens (including phenoxy) is 1. The Kier molecular flexibility index (Phi) is 5.82. The number of hydrogen-bond donors (Lipinski definition) is 1. The number of piperidine rings is 1. The summed E-state index contributed by atoms with van der Waals surface area (Å²) in [6.07, 6.45) is 2.14. The van der Waals surface area contributed by atoms with Crippen LogP contribution >= 0.6 is 0 Å². The van der Waals surface area contributed by atoms with Crippen LogP contribution in [0.2, 0.25) is 0 Å². The molecule has 0 saturated carbocycles. The number of aromatic nitrogens is 1. The molecule has 0 aliphatic carbocycles. The highest BCUT2D eigenvalue weighted by Crippen LogP contribution is 2.26. The van der Waals surface area contributed by atoms with Crippen molar-refractivity contribution in [2.75, 3.05) is 19.6 Å². The zero-order valence-corrected chi connectivity index (χ0v) is 17.5. The fourth-order valence-corrected chi connectivity index (χ4v) is 3.94. The number of hydrogen-bond acceptors (Lipinski definition) is 5. The first kappa shape index (κ1) is 21.1. The van der Waals surface area contributed by atoms with Gasteiger partial charge in [0, 0.05) is 32.1 Å². The summed E-state index contributed by atoms with van der Waals surface area (Å²) in [5, 5.41) is 9.45. The van der Waals surface area contributed by atoms with Crippen LogP contribution in [0.15, 0.2) is 6.07 Å². The Morgan fingerprint density at radius 3 is 2.45 bits per heavy atom. The van der Waals surface area contributed by atoms with Crippen molar-refractivity contribution in [1.29, 1.82) is 0 Å². The van der Waals surface area contributed by atoms with E-state index < -0.39 is 11.6 Å². The summed E-state index contributed by atoms with van der Waals surface area (Å²) in [7, 11) is 0. The number of rotatable bonds is 3. The van der Waals surface area contributed by atoms with Crippen LogP contribution in [-0.4, -0.2) is 69.1 Å². The maximum Gasteiger partial charge on any atom is 0.410 e. The van der Waals surface area contributed by atoms with Crippen molar-refractivity contribution in [2.45, 2.75) is 65.0 Å². The summed E-state index contributed by atoms with van der Waals surface area (Å²) in [5.74, 6) is -1.23. The first-order chi connectivity index (χ1) is 13.6. The summed E-state index contributed by atoms with van der Waals surface area (Å²) in [4.78, 5) is 44.8. The number of nitrogens with zero attached hydrogens (tertiary/aromatic N) is 3. The molecule has 1 N–H and O–H groups in total. The number of pyridine rings is 1. The number of carbonyl (C=O) groups excluding carboxylic acids is 2. The van der Waals surface area contributed by atoms with Gasteiger partial charge in [-0.05, 0) is 46.1 Å². The van der Waals surface area contributed by atoms with E-state index in [2.05, 4.69) is 4.98 Å². The molecule has 1 aromatic rings. The average molecular weight is 403 g/mol. The smallest absolute Gasteiger partial charge is 0.410 e. The van der Waals surface area contributed by atoms with E-state index >= 15 is 0 Å². The number of fused-ring (bicyclic) bond motifs is 1. The normalized spacial score (nSPS) is 17.9. The third kappa shape index (κ3) is 4.52. The van der Waals surface area contributed by atoms with Gasteiger partial charge >= 0.3 is 12.1 Å². The molecule has 2 amide bonds. The summed E-state index contributed by atoms with van der Waals surface area (Å²) in [5.41, 5.74) is 1.15. The number of aryl methyl sites for hydroxylation is 1. The van der Waals surface area contributed by atoms with Gasteiger partial charge in [-0.3, -0.25) is 9.78 Å². The molecule has 1 saturated heterocycles. The Labute approximate surface area is 170 Å². The molecule has 0 aromatic carbocycles. The zero-order chi connectivity index (χ0) is 21.3. The van der Waals surface area contributed by atoms with Gasteiger partial charge in [0.1, 0.15) is 5.60 Å². The van der Waals surface area contributed by atoms with Crippen LogP contribution in [-0.2, 0) is 17.6 Å². The monoisotopic (exact) mass is 403 g/mol. The topological polar surface area (TPSA) is 100 Å². The molecule has 3 heterocycles. The zero-order valence-electron chi connectivity index (χ0n) is 17.5. The summed E-state index contributed by atoms with van der Waals surface area (Å²) >= 11 is 0. The van der Waals surface area contributed by atoms with Gasteiger partial charge in [0.15, 0.2) is 0 Å². The molecule has 0 spiro atoms. The van der Waals surface area contributed by atoms with E-state index in [0.717, 1.165) is 0 Å². The van der Waals surface area contributed by atoms with Crippen molar-refractivity contribution in [3.8, 4) is 0 Å². The van der Waals surface area contributed by atoms with Crippen LogP contribution in [0, 0.1) is 0 Å². The molecule has 3 rings (SSSR count). The van der Waals surface area contributed by atoms with Crippen molar-refractivity contribution in [1.82, 2.24) is 14.8 Å². The molecule has 2 aliphatic heterocycles. The fourth-order valence-electron chi connectivity index (χ4n) is 3.94. The minimum atomic E-state index is -1.06. The van der Waals surface area contributed by atoms with Gasteiger partial charge in [-0.15, -0.1) is 0 Å². The number of carboxylic acid groups (broad SMARTS) is 1. The summed E-state index contributed by atoms with van der Waals surface area (Å²) < 4.78 is 5.43. The van der Waals surface area contributed by atoms with E-state index in [4.69, 9.17) is 4.74 Å². The van der Waals surface area contributed by atoms with E-state index in [1.807, 2.05) is 32.6 Å². The lowest BCUT2D eigenvalue weighted by Gasteiger charge is -2.40. The first-order valence-electron chi connectivity index (χ1n) is 10.2. The standard InChI is InChI=1S/C21H29N3O5/c1-5-16-15(19(26)27)12-14-17(22-16)8-11-24(18(14)25)13-6-9-23(10-7-13)20(28)29-21(2,3)4/h12-13H,5-11H2,1-4H3,(H,26,27). The third-order valence-electron chi connectivity index (χ3n) is 5.38. The lowest BCUT2D eigenvalue weighted by molar-refractivity contribution is 0.0144. The second-order valence-corrected chi connectivity index (χ2v) is 8.58. The largest absolute Gasteiger partial charge is 0.478 e. The maximum absolute atomic E-state index is 13.1. The van der Waals surface area contributed by atoms with Crippen LogP contribution in [0.3, 0.4) is 0 Å². The molecule has 8 nitrogen and oxygen atoms in total. The van der Waals surface area contributed by atoms with Gasteiger partial charge in [0.05, 0.1) is 22.5 Å². The van der Waals surface area contributed by atoms with Crippen LogP contribution < -0.4 is 0 Å². The van der Waals surface area contributed by atoms with Gasteiger partial charge in [-0.25, -0.2) is 9.59 Å². The Bertz CT molecular complexity index is 822. The number of amides is 2. The highest BCUT2D eigenvalue weighted by Gasteiger charge is 2.35. The van der Waals surface area contributed by atoms with Crippen LogP contribution in [0.1, 0.15) is 72.6 Å². The Morgan fingerprint density at radius 2 is 1.90 bits per heavy atom. The molecule has 0 unspecified atom stereocenters. The molecule has 158 valence electrons. The molecular formula is C21H29N3O5. The van der Waals surface area contributed by atoms with Crippen molar-refractivity contribution in [3.05, 3.63) is 28.6 Å². The second kappa shape index (κ2) is 8.00. The number of carboxylic acids is 1. The van der Waals surface area contributed by atoms with E-state index in [1.165, 1.54) is 6.07 Å². The van der Waals surface area contributed by atoms with E-state index in [-0.39, 0.29) is 23.6 Å². The lowest BCUT2D eigenvalue weighted by Crippen LogP contribution is -2.51. The van der Waals surface area contributed by atoms with Crippen LogP contribution in [0.25, 0.3) is 0 Å². The maximum atomic E-state index is 13.1. The van der Waals surface area contributed by atoms with E-state index in [9.17, 15) is 19.5 Å². The van der Waals surface area contributed by atoms with E-state index in [1.54, 1.807) is 4.90 Å². The summed E-state index contributed by atoms with van der Waals surface area (Å²) in [6, 6.07) is 1.50. The second-order valence-electron chi connectivity index (χ2n) is 8.58. The quantitative estimate of drug-likeness (QED) is 0.833. The van der Waals surface area contributed by atoms with Gasteiger partial charge in [0.25, 0.3) is 5.91 Å². The van der Waals surface area contributed by atoms with Gasteiger partial charge in [-0.2, -0.15) is 0 Å². The summed E-state index contributed by atoms with van der Waals surface area (Å²) in [6.45, 7) is 9.00. The molecule has 8 heteroatoms. The fraction of sp³-hybridized carbons (Fsp3) is 0.619. The number of likely N-dealkylation sites (tertiary alicyclic amines) is 1. The SMILES string of the molecule is CCc1nc2c(cc1C(=O)O)C(=O)N(C1CCN(C(=O)OC(C)(C)C)CC1)CC2. The molecule has 0 radical (unpaired) electrons. The number of carbonyl (C=O) groups is 3. The van der Waals surface area contributed by atoms with Crippen LogP contribution in [0.5, 0.6) is 0 Å². The molecular weight excluding hydrogens is 374 g/mol.